The van der Waals surface area contributed by atoms with E-state index in [1.807, 2.05) is 13.8 Å². The number of aromatic nitrogens is 2. The van der Waals surface area contributed by atoms with Crippen LogP contribution < -0.4 is 16.2 Å². The highest BCUT2D eigenvalue weighted by molar-refractivity contribution is 5.76. The van der Waals surface area contributed by atoms with E-state index in [1.54, 1.807) is 24.1 Å². The van der Waals surface area contributed by atoms with Gasteiger partial charge in [0.25, 0.3) is 5.56 Å². The van der Waals surface area contributed by atoms with Gasteiger partial charge in [-0.3, -0.25) is 9.59 Å². The molecule has 0 radical (unpaired) electrons. The number of amides is 1. The van der Waals surface area contributed by atoms with Crippen molar-refractivity contribution < 1.29 is 9.53 Å². The minimum absolute atomic E-state index is 0.0726. The molecule has 1 aromatic rings. The van der Waals surface area contributed by atoms with Crippen LogP contribution in [0.2, 0.25) is 0 Å². The van der Waals surface area contributed by atoms with Gasteiger partial charge in [-0.2, -0.15) is 0 Å². The lowest BCUT2D eigenvalue weighted by Gasteiger charge is -2.11. The fourth-order valence-electron chi connectivity index (χ4n) is 1.63. The number of carbonyl (C=O) groups is 1. The molecule has 112 valence electrons. The van der Waals surface area contributed by atoms with Gasteiger partial charge in [0.15, 0.2) is 5.82 Å². The Labute approximate surface area is 118 Å². The summed E-state index contributed by atoms with van der Waals surface area (Å²) in [6.07, 6.45) is 3.50. The number of methoxy groups -OCH3 is 1. The van der Waals surface area contributed by atoms with Crippen molar-refractivity contribution in [1.82, 2.24) is 14.9 Å². The van der Waals surface area contributed by atoms with Crippen molar-refractivity contribution in [3.05, 3.63) is 22.7 Å². The molecule has 1 amide bonds. The average Bonchev–Trinajstić information content (AvgIpc) is 2.40. The van der Waals surface area contributed by atoms with E-state index < -0.39 is 0 Å². The van der Waals surface area contributed by atoms with Crippen LogP contribution in [-0.2, 0) is 9.53 Å². The van der Waals surface area contributed by atoms with Crippen molar-refractivity contribution in [2.75, 3.05) is 32.1 Å². The van der Waals surface area contributed by atoms with Crippen LogP contribution in [0.4, 0.5) is 5.82 Å². The summed E-state index contributed by atoms with van der Waals surface area (Å²) >= 11 is 0. The van der Waals surface area contributed by atoms with Crippen molar-refractivity contribution in [2.24, 2.45) is 0 Å². The van der Waals surface area contributed by atoms with E-state index in [9.17, 15) is 9.59 Å². The standard InChI is InChI=1S/C13H22N4O3/c1-10(2)17-8-6-16-12(13(17)19)15-5-4-11(18)14-7-9-20-3/h6,8,10H,4-5,7,9H2,1-3H3,(H,14,18)(H,15,16). The van der Waals surface area contributed by atoms with Crippen molar-refractivity contribution in [3.8, 4) is 0 Å². The molecule has 1 rings (SSSR count). The third-order valence-corrected chi connectivity index (χ3v) is 2.70. The smallest absolute Gasteiger partial charge is 0.293 e. The molecule has 7 nitrogen and oxygen atoms in total. The summed E-state index contributed by atoms with van der Waals surface area (Å²) in [6, 6.07) is 0.0726. The lowest BCUT2D eigenvalue weighted by atomic mass is 10.3. The quantitative estimate of drug-likeness (QED) is 0.674. The molecular weight excluding hydrogens is 260 g/mol. The Morgan fingerprint density at radius 1 is 1.45 bits per heavy atom. The summed E-state index contributed by atoms with van der Waals surface area (Å²) in [4.78, 5) is 27.5. The summed E-state index contributed by atoms with van der Waals surface area (Å²) in [5, 5.41) is 5.60. The minimum atomic E-state index is -0.178. The zero-order valence-electron chi connectivity index (χ0n) is 12.2. The molecule has 1 aromatic heterocycles. The molecule has 0 bridgehead atoms. The molecule has 0 aliphatic rings. The third-order valence-electron chi connectivity index (χ3n) is 2.70. The molecule has 1 heterocycles. The summed E-state index contributed by atoms with van der Waals surface area (Å²) in [5.74, 6) is 0.181. The maximum Gasteiger partial charge on any atom is 0.293 e. The van der Waals surface area contributed by atoms with Crippen molar-refractivity contribution in [2.45, 2.75) is 26.3 Å². The van der Waals surface area contributed by atoms with Crippen molar-refractivity contribution in [3.63, 3.8) is 0 Å². The van der Waals surface area contributed by atoms with Crippen LogP contribution in [-0.4, -0.2) is 42.3 Å². The van der Waals surface area contributed by atoms with Crippen LogP contribution in [0.1, 0.15) is 26.3 Å². The van der Waals surface area contributed by atoms with E-state index in [1.165, 1.54) is 0 Å². The van der Waals surface area contributed by atoms with Gasteiger partial charge in [-0.05, 0) is 13.8 Å². The Balaban J connectivity index is 2.45. The van der Waals surface area contributed by atoms with Crippen molar-refractivity contribution >= 4 is 11.7 Å². The Kier molecular flexibility index (Phi) is 6.72. The number of carbonyl (C=O) groups excluding carboxylic acids is 1. The molecule has 0 fully saturated rings. The summed E-state index contributed by atoms with van der Waals surface area (Å²) in [5.41, 5.74) is -0.178. The zero-order chi connectivity index (χ0) is 15.0. The first-order valence-electron chi connectivity index (χ1n) is 6.63. The molecule has 0 unspecified atom stereocenters. The predicted molar refractivity (Wildman–Crippen MR) is 76.9 cm³/mol. The molecule has 0 saturated heterocycles. The highest BCUT2D eigenvalue weighted by Crippen LogP contribution is 2.01. The maximum atomic E-state index is 12.0. The van der Waals surface area contributed by atoms with E-state index in [2.05, 4.69) is 15.6 Å². The number of hydrogen-bond donors (Lipinski definition) is 2. The predicted octanol–water partition coefficient (Wildman–Crippen LogP) is 0.389. The first-order valence-corrected chi connectivity index (χ1v) is 6.63. The normalized spacial score (nSPS) is 10.6. The van der Waals surface area contributed by atoms with E-state index in [0.717, 1.165) is 0 Å². The highest BCUT2D eigenvalue weighted by atomic mass is 16.5. The number of nitrogens with zero attached hydrogens (tertiary/aromatic N) is 2. The van der Waals surface area contributed by atoms with Crippen LogP contribution in [0.25, 0.3) is 0 Å². The molecule has 0 aliphatic heterocycles. The molecule has 2 N–H and O–H groups in total. The van der Waals surface area contributed by atoms with Gasteiger partial charge in [0.1, 0.15) is 0 Å². The first kappa shape index (κ1) is 16.2. The monoisotopic (exact) mass is 282 g/mol. The zero-order valence-corrected chi connectivity index (χ0v) is 12.2. The average molecular weight is 282 g/mol. The van der Waals surface area contributed by atoms with Gasteiger partial charge in [0.2, 0.25) is 5.91 Å². The van der Waals surface area contributed by atoms with Gasteiger partial charge in [-0.15, -0.1) is 0 Å². The molecule has 0 aromatic carbocycles. The first-order chi connectivity index (χ1) is 9.56. The fraction of sp³-hybridized carbons (Fsp3) is 0.615. The molecule has 0 spiro atoms. The van der Waals surface area contributed by atoms with Crippen LogP contribution in [0.3, 0.4) is 0 Å². The number of rotatable bonds is 8. The Morgan fingerprint density at radius 3 is 2.85 bits per heavy atom. The van der Waals surface area contributed by atoms with E-state index >= 15 is 0 Å². The Bertz CT molecular complexity index is 485. The van der Waals surface area contributed by atoms with Crippen LogP contribution in [0, 0.1) is 0 Å². The molecule has 7 heteroatoms. The van der Waals surface area contributed by atoms with Crippen LogP contribution in [0.15, 0.2) is 17.2 Å². The highest BCUT2D eigenvalue weighted by Gasteiger charge is 2.07. The van der Waals surface area contributed by atoms with Gasteiger partial charge in [0, 0.05) is 45.1 Å². The number of hydrogen-bond acceptors (Lipinski definition) is 5. The lowest BCUT2D eigenvalue weighted by Crippen LogP contribution is -2.30. The molecule has 0 aliphatic carbocycles. The van der Waals surface area contributed by atoms with E-state index in [-0.39, 0.29) is 29.7 Å². The Morgan fingerprint density at radius 2 is 2.20 bits per heavy atom. The molecule has 0 saturated carbocycles. The number of ether oxygens (including phenoxy) is 1. The Hall–Kier alpha value is -1.89. The van der Waals surface area contributed by atoms with E-state index in [4.69, 9.17) is 4.74 Å². The van der Waals surface area contributed by atoms with Gasteiger partial charge in [0.05, 0.1) is 6.61 Å². The number of nitrogens with one attached hydrogen (secondary N) is 2. The van der Waals surface area contributed by atoms with Crippen LogP contribution in [0.5, 0.6) is 0 Å². The number of anilines is 1. The molecule has 20 heavy (non-hydrogen) atoms. The second-order valence-corrected chi connectivity index (χ2v) is 4.60. The summed E-state index contributed by atoms with van der Waals surface area (Å²) in [7, 11) is 1.58. The topological polar surface area (TPSA) is 85.2 Å². The minimum Gasteiger partial charge on any atom is -0.383 e. The van der Waals surface area contributed by atoms with Gasteiger partial charge in [-0.1, -0.05) is 0 Å². The second kappa shape index (κ2) is 8.31. The van der Waals surface area contributed by atoms with Crippen molar-refractivity contribution in [1.29, 1.82) is 0 Å². The van der Waals surface area contributed by atoms with Gasteiger partial charge in [-0.25, -0.2) is 4.98 Å². The van der Waals surface area contributed by atoms with E-state index in [0.29, 0.717) is 19.7 Å². The molecule has 0 atom stereocenters. The fourth-order valence-corrected chi connectivity index (χ4v) is 1.63. The maximum absolute atomic E-state index is 12.0. The summed E-state index contributed by atoms with van der Waals surface area (Å²) in [6.45, 7) is 5.18. The molecular formula is C13H22N4O3. The third kappa shape index (κ3) is 5.00. The van der Waals surface area contributed by atoms with Gasteiger partial charge < -0.3 is 19.9 Å². The van der Waals surface area contributed by atoms with Gasteiger partial charge >= 0.3 is 0 Å². The second-order valence-electron chi connectivity index (χ2n) is 4.60. The summed E-state index contributed by atoms with van der Waals surface area (Å²) < 4.78 is 6.42. The lowest BCUT2D eigenvalue weighted by molar-refractivity contribution is -0.121. The largest absolute Gasteiger partial charge is 0.383 e. The SMILES string of the molecule is COCCNC(=O)CCNc1nccn(C(C)C)c1=O. The van der Waals surface area contributed by atoms with Crippen LogP contribution >= 0.6 is 0 Å².